The predicted octanol–water partition coefficient (Wildman–Crippen LogP) is 2.28. The molecule has 2 aromatic carbocycles. The van der Waals surface area contributed by atoms with Gasteiger partial charge in [0.25, 0.3) is 11.8 Å². The SMILES string of the molecule is CC(C)N1NC(=O)[C@@H](NC(=O)c2ccccc2)[C@@H]1c1ccccc1. The first-order valence-electron chi connectivity index (χ1n) is 8.07. The predicted molar refractivity (Wildman–Crippen MR) is 92.0 cm³/mol. The van der Waals surface area contributed by atoms with Gasteiger partial charge in [-0.05, 0) is 31.5 Å². The zero-order valence-electron chi connectivity index (χ0n) is 13.8. The molecule has 1 aliphatic rings. The van der Waals surface area contributed by atoms with Gasteiger partial charge in [-0.1, -0.05) is 48.5 Å². The van der Waals surface area contributed by atoms with Gasteiger partial charge in [0.1, 0.15) is 6.04 Å². The van der Waals surface area contributed by atoms with E-state index in [-0.39, 0.29) is 23.9 Å². The Bertz CT molecular complexity index is 716. The van der Waals surface area contributed by atoms with Gasteiger partial charge in [0.2, 0.25) is 0 Å². The quantitative estimate of drug-likeness (QED) is 0.907. The average Bonchev–Trinajstić information content (AvgIpc) is 2.93. The summed E-state index contributed by atoms with van der Waals surface area (Å²) < 4.78 is 0. The standard InChI is InChI=1S/C19H21N3O2/c1-13(2)22-17(14-9-5-3-6-10-14)16(19(24)21-22)20-18(23)15-11-7-4-8-12-15/h3-13,16-17H,1-2H3,(H,20,23)(H,21,24)/t16-,17-/m0/s1. The molecule has 124 valence electrons. The van der Waals surface area contributed by atoms with Crippen molar-refractivity contribution in [3.63, 3.8) is 0 Å². The molecular weight excluding hydrogens is 302 g/mol. The molecule has 5 nitrogen and oxygen atoms in total. The highest BCUT2D eigenvalue weighted by atomic mass is 16.2. The molecule has 2 atom stereocenters. The highest BCUT2D eigenvalue weighted by Gasteiger charge is 2.43. The number of carbonyl (C=O) groups is 2. The van der Waals surface area contributed by atoms with Gasteiger partial charge < -0.3 is 5.32 Å². The lowest BCUT2D eigenvalue weighted by Gasteiger charge is -2.29. The van der Waals surface area contributed by atoms with Gasteiger partial charge in [-0.2, -0.15) is 0 Å². The van der Waals surface area contributed by atoms with Crippen LogP contribution in [0.15, 0.2) is 60.7 Å². The number of hydrazine groups is 1. The molecule has 3 rings (SSSR count). The molecule has 0 radical (unpaired) electrons. The zero-order valence-corrected chi connectivity index (χ0v) is 13.8. The van der Waals surface area contributed by atoms with Crippen molar-refractivity contribution in [1.82, 2.24) is 15.8 Å². The average molecular weight is 323 g/mol. The topological polar surface area (TPSA) is 61.4 Å². The van der Waals surface area contributed by atoms with Gasteiger partial charge >= 0.3 is 0 Å². The Morgan fingerprint density at radius 1 is 1.04 bits per heavy atom. The van der Waals surface area contributed by atoms with Crippen LogP contribution in [-0.4, -0.2) is 28.9 Å². The molecule has 2 amide bonds. The van der Waals surface area contributed by atoms with Crippen LogP contribution in [0.5, 0.6) is 0 Å². The maximum atomic E-state index is 12.5. The van der Waals surface area contributed by atoms with E-state index in [9.17, 15) is 9.59 Å². The van der Waals surface area contributed by atoms with Crippen LogP contribution in [0.25, 0.3) is 0 Å². The van der Waals surface area contributed by atoms with Crippen molar-refractivity contribution in [3.8, 4) is 0 Å². The largest absolute Gasteiger partial charge is 0.338 e. The third-order valence-corrected chi connectivity index (χ3v) is 4.16. The highest BCUT2D eigenvalue weighted by molar-refractivity contribution is 5.98. The molecule has 0 aliphatic carbocycles. The molecule has 2 aromatic rings. The van der Waals surface area contributed by atoms with Crippen molar-refractivity contribution in [2.45, 2.75) is 32.0 Å². The molecule has 5 heteroatoms. The normalized spacial score (nSPS) is 20.9. The minimum Gasteiger partial charge on any atom is -0.338 e. The van der Waals surface area contributed by atoms with Crippen molar-refractivity contribution in [2.75, 3.05) is 0 Å². The molecular formula is C19H21N3O2. The molecule has 2 N–H and O–H groups in total. The lowest BCUT2D eigenvalue weighted by atomic mass is 9.98. The van der Waals surface area contributed by atoms with Crippen LogP contribution in [0.1, 0.15) is 35.8 Å². The van der Waals surface area contributed by atoms with E-state index in [0.29, 0.717) is 5.56 Å². The summed E-state index contributed by atoms with van der Waals surface area (Å²) in [6.45, 7) is 4.02. The Hall–Kier alpha value is -2.66. The maximum absolute atomic E-state index is 12.5. The highest BCUT2D eigenvalue weighted by Crippen LogP contribution is 2.29. The lowest BCUT2D eigenvalue weighted by Crippen LogP contribution is -2.43. The molecule has 1 saturated heterocycles. The van der Waals surface area contributed by atoms with E-state index in [1.165, 1.54) is 0 Å². The first-order valence-corrected chi connectivity index (χ1v) is 8.07. The maximum Gasteiger partial charge on any atom is 0.258 e. The summed E-state index contributed by atoms with van der Waals surface area (Å²) in [7, 11) is 0. The van der Waals surface area contributed by atoms with Crippen molar-refractivity contribution in [3.05, 3.63) is 71.8 Å². The van der Waals surface area contributed by atoms with Gasteiger partial charge in [-0.3, -0.25) is 15.0 Å². The first kappa shape index (κ1) is 16.2. The second kappa shape index (κ2) is 6.84. The van der Waals surface area contributed by atoms with Crippen molar-refractivity contribution >= 4 is 11.8 Å². The zero-order chi connectivity index (χ0) is 17.1. The Morgan fingerprint density at radius 3 is 2.21 bits per heavy atom. The second-order valence-electron chi connectivity index (χ2n) is 6.15. The summed E-state index contributed by atoms with van der Waals surface area (Å²) >= 11 is 0. The van der Waals surface area contributed by atoms with Gasteiger partial charge in [0, 0.05) is 11.6 Å². The van der Waals surface area contributed by atoms with E-state index in [1.54, 1.807) is 24.3 Å². The van der Waals surface area contributed by atoms with E-state index in [0.717, 1.165) is 5.56 Å². The van der Waals surface area contributed by atoms with Crippen molar-refractivity contribution in [1.29, 1.82) is 0 Å². The Morgan fingerprint density at radius 2 is 1.62 bits per heavy atom. The van der Waals surface area contributed by atoms with Crippen molar-refractivity contribution in [2.24, 2.45) is 0 Å². The first-order chi connectivity index (χ1) is 11.6. The Kier molecular flexibility index (Phi) is 4.62. The molecule has 24 heavy (non-hydrogen) atoms. The third kappa shape index (κ3) is 3.16. The number of carbonyl (C=O) groups excluding carboxylic acids is 2. The number of nitrogens with zero attached hydrogens (tertiary/aromatic N) is 1. The number of rotatable bonds is 4. The van der Waals surface area contributed by atoms with Gasteiger partial charge in [0.15, 0.2) is 0 Å². The molecule has 0 unspecified atom stereocenters. The van der Waals surface area contributed by atoms with E-state index in [1.807, 2.05) is 55.3 Å². The minimum atomic E-state index is -0.637. The Labute approximate surface area is 141 Å². The van der Waals surface area contributed by atoms with Crippen LogP contribution in [0.4, 0.5) is 0 Å². The summed E-state index contributed by atoms with van der Waals surface area (Å²) in [5.74, 6) is -0.441. The van der Waals surface area contributed by atoms with E-state index >= 15 is 0 Å². The molecule has 0 spiro atoms. The Balaban J connectivity index is 1.89. The van der Waals surface area contributed by atoms with Gasteiger partial charge in [0.05, 0.1) is 6.04 Å². The lowest BCUT2D eigenvalue weighted by molar-refractivity contribution is -0.122. The van der Waals surface area contributed by atoms with E-state index in [4.69, 9.17) is 0 Å². The summed E-state index contributed by atoms with van der Waals surface area (Å²) in [6.07, 6.45) is 0. The molecule has 1 aliphatic heterocycles. The van der Waals surface area contributed by atoms with Crippen LogP contribution in [0.2, 0.25) is 0 Å². The third-order valence-electron chi connectivity index (χ3n) is 4.16. The number of hydrogen-bond donors (Lipinski definition) is 2. The van der Waals surface area contributed by atoms with Crippen LogP contribution in [-0.2, 0) is 4.79 Å². The fourth-order valence-electron chi connectivity index (χ4n) is 2.98. The molecule has 0 saturated carbocycles. The number of benzene rings is 2. The molecule has 1 fully saturated rings. The molecule has 1 heterocycles. The van der Waals surface area contributed by atoms with E-state index in [2.05, 4.69) is 10.7 Å². The minimum absolute atomic E-state index is 0.109. The summed E-state index contributed by atoms with van der Waals surface area (Å²) in [5.41, 5.74) is 4.42. The number of amides is 2. The molecule has 0 aromatic heterocycles. The fraction of sp³-hybridized carbons (Fsp3) is 0.263. The van der Waals surface area contributed by atoms with Gasteiger partial charge in [-0.25, -0.2) is 5.01 Å². The van der Waals surface area contributed by atoms with E-state index < -0.39 is 6.04 Å². The van der Waals surface area contributed by atoms with Crippen LogP contribution < -0.4 is 10.7 Å². The fourth-order valence-corrected chi connectivity index (χ4v) is 2.98. The van der Waals surface area contributed by atoms with Crippen LogP contribution in [0.3, 0.4) is 0 Å². The summed E-state index contributed by atoms with van der Waals surface area (Å²) in [6, 6.07) is 17.9. The smallest absolute Gasteiger partial charge is 0.258 e. The number of hydrogen-bond acceptors (Lipinski definition) is 3. The number of nitrogens with one attached hydrogen (secondary N) is 2. The van der Waals surface area contributed by atoms with Crippen LogP contribution >= 0.6 is 0 Å². The summed E-state index contributed by atoms with van der Waals surface area (Å²) in [5, 5.41) is 4.78. The van der Waals surface area contributed by atoms with Gasteiger partial charge in [-0.15, -0.1) is 0 Å². The van der Waals surface area contributed by atoms with Crippen molar-refractivity contribution < 1.29 is 9.59 Å². The van der Waals surface area contributed by atoms with Crippen LogP contribution in [0, 0.1) is 0 Å². The summed E-state index contributed by atoms with van der Waals surface area (Å²) in [4.78, 5) is 25.0. The monoisotopic (exact) mass is 323 g/mol. The second-order valence-corrected chi connectivity index (χ2v) is 6.15. The molecule has 0 bridgehead atoms.